The number of aromatic nitrogens is 2. The van der Waals surface area contributed by atoms with E-state index in [1.54, 1.807) is 6.21 Å². The second-order valence-electron chi connectivity index (χ2n) is 5.42. The Bertz CT molecular complexity index is 789. The van der Waals surface area contributed by atoms with Gasteiger partial charge in [0.2, 0.25) is 16.9 Å². The smallest absolute Gasteiger partial charge is 0.247 e. The Hall–Kier alpha value is -2.52. The molecule has 2 amide bonds. The van der Waals surface area contributed by atoms with Crippen molar-refractivity contribution in [1.82, 2.24) is 15.6 Å². The van der Waals surface area contributed by atoms with E-state index in [2.05, 4.69) is 44.8 Å². The fraction of sp³-hybridized carbons (Fsp3) is 0.353. The second kappa shape index (κ2) is 10.6. The van der Waals surface area contributed by atoms with Crippen LogP contribution in [0.3, 0.4) is 0 Å². The quantitative estimate of drug-likeness (QED) is 0.376. The van der Waals surface area contributed by atoms with Crippen LogP contribution in [0.5, 0.6) is 0 Å². The van der Waals surface area contributed by atoms with E-state index in [4.69, 9.17) is 11.6 Å². The number of alkyl halides is 1. The number of carbonyl (C=O) groups is 2. The molecule has 0 aliphatic rings. The molecule has 1 aromatic carbocycles. The molecule has 0 radical (unpaired) electrons. The molecule has 0 aliphatic carbocycles. The zero-order valence-electron chi connectivity index (χ0n) is 15.1. The highest BCUT2D eigenvalue weighted by atomic mass is 35.5. The van der Waals surface area contributed by atoms with E-state index in [0.717, 1.165) is 35.7 Å². The number of halogens is 1. The molecule has 144 valence electrons. The number of nitrogens with one attached hydrogen (secondary N) is 2. The number of amides is 2. The molecular formula is C17H21ClN6O2S. The molecule has 0 spiro atoms. The Kier molecular flexibility index (Phi) is 8.15. The Morgan fingerprint density at radius 1 is 1.19 bits per heavy atom. The minimum absolute atomic E-state index is 0.0205. The normalized spacial score (nSPS) is 10.8. The second-order valence-corrected chi connectivity index (χ2v) is 6.75. The third-order valence-corrected chi connectivity index (χ3v) is 4.65. The van der Waals surface area contributed by atoms with Gasteiger partial charge >= 0.3 is 0 Å². The topological polar surface area (TPSA) is 99.6 Å². The molecule has 8 nitrogen and oxygen atoms in total. The number of rotatable bonds is 9. The van der Waals surface area contributed by atoms with E-state index in [9.17, 15) is 9.59 Å². The van der Waals surface area contributed by atoms with Crippen molar-refractivity contribution in [2.45, 2.75) is 20.3 Å². The molecular weight excluding hydrogens is 388 g/mol. The Balaban J connectivity index is 1.83. The number of hydrogen-bond donors (Lipinski definition) is 2. The zero-order chi connectivity index (χ0) is 19.6. The molecule has 10 heteroatoms. The van der Waals surface area contributed by atoms with Crippen LogP contribution in [0, 0.1) is 0 Å². The number of carbonyl (C=O) groups excluding carboxylic acids is 2. The number of hydrazone groups is 1. The summed E-state index contributed by atoms with van der Waals surface area (Å²) in [5.74, 6) is -0.863. The molecule has 0 unspecified atom stereocenters. The van der Waals surface area contributed by atoms with Crippen LogP contribution in [0.15, 0.2) is 29.4 Å². The first kappa shape index (κ1) is 20.8. The summed E-state index contributed by atoms with van der Waals surface area (Å²) in [5.41, 5.74) is 4.48. The van der Waals surface area contributed by atoms with Crippen LogP contribution in [0.1, 0.15) is 24.4 Å². The van der Waals surface area contributed by atoms with Gasteiger partial charge in [-0.25, -0.2) is 5.43 Å². The minimum atomic E-state index is -0.375. The van der Waals surface area contributed by atoms with Crippen LogP contribution in [0.2, 0.25) is 0 Å². The van der Waals surface area contributed by atoms with Crippen molar-refractivity contribution in [2.75, 3.05) is 29.2 Å². The molecule has 0 bridgehead atoms. The molecule has 0 fully saturated rings. The standard InChI is InChI=1S/C17H21ClN6O2S/c1-3-24(4-2)13-7-5-12(6-8-13)11-19-21-14(25)9-16-22-23-17(27-16)20-15(26)10-18/h5-8,11H,3-4,9-10H2,1-2H3,(H,21,25)(H,20,23,26)/b19-11-. The summed E-state index contributed by atoms with van der Waals surface area (Å²) in [6, 6.07) is 7.93. The number of benzene rings is 1. The van der Waals surface area contributed by atoms with Gasteiger partial charge < -0.3 is 4.90 Å². The Labute approximate surface area is 166 Å². The maximum atomic E-state index is 11.9. The predicted octanol–water partition coefficient (Wildman–Crippen LogP) is 2.25. The van der Waals surface area contributed by atoms with Crippen molar-refractivity contribution >= 4 is 51.8 Å². The molecule has 1 heterocycles. The maximum Gasteiger partial charge on any atom is 0.247 e. The van der Waals surface area contributed by atoms with E-state index in [1.807, 2.05) is 24.3 Å². The number of anilines is 2. The SMILES string of the molecule is CCN(CC)c1ccc(/C=N\NC(=O)Cc2nnc(NC(=O)CCl)s2)cc1. The molecule has 0 aliphatic heterocycles. The lowest BCUT2D eigenvalue weighted by Gasteiger charge is -2.20. The van der Waals surface area contributed by atoms with Gasteiger partial charge in [-0.3, -0.25) is 14.9 Å². The van der Waals surface area contributed by atoms with Crippen LogP contribution in [-0.2, 0) is 16.0 Å². The summed E-state index contributed by atoms with van der Waals surface area (Å²) in [6.45, 7) is 6.12. The first-order chi connectivity index (χ1) is 13.0. The monoisotopic (exact) mass is 408 g/mol. The number of hydrogen-bond acceptors (Lipinski definition) is 7. The van der Waals surface area contributed by atoms with Gasteiger partial charge in [0.05, 0.1) is 12.6 Å². The fourth-order valence-corrected chi connectivity index (χ4v) is 3.07. The summed E-state index contributed by atoms with van der Waals surface area (Å²) in [5, 5.41) is 14.8. The van der Waals surface area contributed by atoms with Crippen LogP contribution < -0.4 is 15.6 Å². The lowest BCUT2D eigenvalue weighted by Crippen LogP contribution is -2.21. The summed E-state index contributed by atoms with van der Waals surface area (Å²) in [4.78, 5) is 25.3. The molecule has 0 saturated heterocycles. The van der Waals surface area contributed by atoms with Gasteiger partial charge in [0.15, 0.2) is 0 Å². The molecule has 27 heavy (non-hydrogen) atoms. The first-order valence-corrected chi connectivity index (χ1v) is 9.75. The highest BCUT2D eigenvalue weighted by molar-refractivity contribution is 7.15. The van der Waals surface area contributed by atoms with Crippen molar-refractivity contribution in [2.24, 2.45) is 5.10 Å². The lowest BCUT2D eigenvalue weighted by atomic mass is 10.2. The minimum Gasteiger partial charge on any atom is -0.372 e. The first-order valence-electron chi connectivity index (χ1n) is 8.40. The zero-order valence-corrected chi connectivity index (χ0v) is 16.7. The van der Waals surface area contributed by atoms with Crippen LogP contribution in [-0.4, -0.2) is 47.2 Å². The Morgan fingerprint density at radius 2 is 1.89 bits per heavy atom. The van der Waals surface area contributed by atoms with Crippen LogP contribution >= 0.6 is 22.9 Å². The van der Waals surface area contributed by atoms with Gasteiger partial charge in [-0.15, -0.1) is 21.8 Å². The van der Waals surface area contributed by atoms with E-state index in [0.29, 0.717) is 10.1 Å². The van der Waals surface area contributed by atoms with Crippen molar-refractivity contribution in [3.8, 4) is 0 Å². The van der Waals surface area contributed by atoms with Gasteiger partial charge in [-0.05, 0) is 31.5 Å². The molecule has 0 saturated carbocycles. The summed E-state index contributed by atoms with van der Waals surface area (Å²) in [6.07, 6.45) is 1.60. The van der Waals surface area contributed by atoms with Crippen molar-refractivity contribution in [1.29, 1.82) is 0 Å². The fourth-order valence-electron chi connectivity index (χ4n) is 2.24. The van der Waals surface area contributed by atoms with E-state index in [-0.39, 0.29) is 24.1 Å². The third kappa shape index (κ3) is 6.61. The molecule has 1 aromatic heterocycles. The lowest BCUT2D eigenvalue weighted by molar-refractivity contribution is -0.120. The number of nitrogens with zero attached hydrogens (tertiary/aromatic N) is 4. The van der Waals surface area contributed by atoms with E-state index >= 15 is 0 Å². The Morgan fingerprint density at radius 3 is 2.52 bits per heavy atom. The predicted molar refractivity (Wildman–Crippen MR) is 109 cm³/mol. The highest BCUT2D eigenvalue weighted by Gasteiger charge is 2.10. The average molecular weight is 409 g/mol. The van der Waals surface area contributed by atoms with Gasteiger partial charge in [0.1, 0.15) is 10.9 Å². The summed E-state index contributed by atoms with van der Waals surface area (Å²) < 4.78 is 0. The summed E-state index contributed by atoms with van der Waals surface area (Å²) >= 11 is 6.51. The van der Waals surface area contributed by atoms with E-state index in [1.165, 1.54) is 0 Å². The van der Waals surface area contributed by atoms with Gasteiger partial charge in [0.25, 0.3) is 0 Å². The maximum absolute atomic E-state index is 11.9. The summed E-state index contributed by atoms with van der Waals surface area (Å²) in [7, 11) is 0. The van der Waals surface area contributed by atoms with Crippen LogP contribution in [0.25, 0.3) is 0 Å². The highest BCUT2D eigenvalue weighted by Crippen LogP contribution is 2.16. The molecule has 2 rings (SSSR count). The van der Waals surface area contributed by atoms with Crippen molar-refractivity contribution < 1.29 is 9.59 Å². The average Bonchev–Trinajstić information content (AvgIpc) is 3.10. The molecule has 0 atom stereocenters. The largest absolute Gasteiger partial charge is 0.372 e. The van der Waals surface area contributed by atoms with Gasteiger partial charge in [0, 0.05) is 18.8 Å². The third-order valence-electron chi connectivity index (χ3n) is 3.57. The molecule has 2 aromatic rings. The van der Waals surface area contributed by atoms with Gasteiger partial charge in [-0.2, -0.15) is 5.10 Å². The van der Waals surface area contributed by atoms with Crippen molar-refractivity contribution in [3.63, 3.8) is 0 Å². The van der Waals surface area contributed by atoms with Gasteiger partial charge in [-0.1, -0.05) is 23.5 Å². The molecule has 2 N–H and O–H groups in total. The van der Waals surface area contributed by atoms with Crippen molar-refractivity contribution in [3.05, 3.63) is 34.8 Å². The van der Waals surface area contributed by atoms with Crippen LogP contribution in [0.4, 0.5) is 10.8 Å². The van der Waals surface area contributed by atoms with E-state index < -0.39 is 0 Å².